The summed E-state index contributed by atoms with van der Waals surface area (Å²) in [4.78, 5) is 2.44. The Morgan fingerprint density at radius 2 is 1.52 bits per heavy atom. The maximum Gasteiger partial charge on any atom is 0.000641 e. The van der Waals surface area contributed by atoms with Crippen molar-refractivity contribution < 1.29 is 0 Å². The molecule has 128 valence electrons. The summed E-state index contributed by atoms with van der Waals surface area (Å²) in [5.41, 5.74) is 1.56. The van der Waals surface area contributed by atoms with Gasteiger partial charge in [-0.1, -0.05) is 68.9 Å². The molecule has 0 spiro atoms. The summed E-state index contributed by atoms with van der Waals surface area (Å²) in [5, 5.41) is 0. The van der Waals surface area contributed by atoms with E-state index in [2.05, 4.69) is 49.3 Å². The SMILES string of the molecule is CN(C)CC1CCCC(Cc2ccccc2)C1C1CCCCC1. The molecule has 1 heteroatoms. The van der Waals surface area contributed by atoms with Crippen LogP contribution in [0.5, 0.6) is 0 Å². The molecular weight excluding hydrogens is 278 g/mol. The van der Waals surface area contributed by atoms with Gasteiger partial charge in [0.15, 0.2) is 0 Å². The van der Waals surface area contributed by atoms with Crippen LogP contribution in [-0.2, 0) is 6.42 Å². The number of hydrogen-bond donors (Lipinski definition) is 0. The number of benzene rings is 1. The van der Waals surface area contributed by atoms with E-state index in [-0.39, 0.29) is 0 Å². The lowest BCUT2D eigenvalue weighted by atomic mass is 9.61. The Hall–Kier alpha value is -0.820. The van der Waals surface area contributed by atoms with Crippen molar-refractivity contribution in [3.8, 4) is 0 Å². The van der Waals surface area contributed by atoms with E-state index < -0.39 is 0 Å². The standard InChI is InChI=1S/C22H35N/c1-23(2)17-21-15-9-14-20(16-18-10-5-3-6-11-18)22(21)19-12-7-4-8-13-19/h3,5-6,10-11,19-22H,4,7-9,12-17H2,1-2H3. The van der Waals surface area contributed by atoms with Crippen molar-refractivity contribution in [3.63, 3.8) is 0 Å². The van der Waals surface area contributed by atoms with Crippen molar-refractivity contribution >= 4 is 0 Å². The minimum absolute atomic E-state index is 0.916. The van der Waals surface area contributed by atoms with Gasteiger partial charge in [-0.2, -0.15) is 0 Å². The summed E-state index contributed by atoms with van der Waals surface area (Å²) in [6.07, 6.45) is 13.1. The second kappa shape index (κ2) is 8.33. The molecule has 23 heavy (non-hydrogen) atoms. The predicted molar refractivity (Wildman–Crippen MR) is 99.6 cm³/mol. The first-order chi connectivity index (χ1) is 11.2. The zero-order valence-electron chi connectivity index (χ0n) is 15.2. The third-order valence-electron chi connectivity index (χ3n) is 6.37. The van der Waals surface area contributed by atoms with Gasteiger partial charge in [0.05, 0.1) is 0 Å². The highest BCUT2D eigenvalue weighted by molar-refractivity contribution is 5.16. The van der Waals surface area contributed by atoms with E-state index in [9.17, 15) is 0 Å². The molecule has 3 atom stereocenters. The second-order valence-corrected chi connectivity index (χ2v) is 8.38. The van der Waals surface area contributed by atoms with Crippen LogP contribution in [-0.4, -0.2) is 25.5 Å². The molecule has 0 amide bonds. The van der Waals surface area contributed by atoms with E-state index in [0.717, 1.165) is 23.7 Å². The summed E-state index contributed by atoms with van der Waals surface area (Å²) in [6.45, 7) is 1.30. The Kier molecular flexibility index (Phi) is 6.16. The first kappa shape index (κ1) is 17.0. The smallest absolute Gasteiger partial charge is 0.000641 e. The monoisotopic (exact) mass is 313 g/mol. The maximum absolute atomic E-state index is 2.44. The van der Waals surface area contributed by atoms with Crippen molar-refractivity contribution in [3.05, 3.63) is 35.9 Å². The van der Waals surface area contributed by atoms with Crippen LogP contribution < -0.4 is 0 Å². The summed E-state index contributed by atoms with van der Waals surface area (Å²) < 4.78 is 0. The molecule has 1 nitrogen and oxygen atoms in total. The van der Waals surface area contributed by atoms with E-state index in [0.29, 0.717) is 0 Å². The van der Waals surface area contributed by atoms with Gasteiger partial charge in [0.25, 0.3) is 0 Å². The molecule has 0 aromatic heterocycles. The highest BCUT2D eigenvalue weighted by atomic mass is 15.1. The molecule has 2 aliphatic carbocycles. The average molecular weight is 314 g/mol. The van der Waals surface area contributed by atoms with Crippen LogP contribution in [0.15, 0.2) is 30.3 Å². The highest BCUT2D eigenvalue weighted by Gasteiger charge is 2.38. The van der Waals surface area contributed by atoms with Crippen LogP contribution in [0.4, 0.5) is 0 Å². The van der Waals surface area contributed by atoms with Gasteiger partial charge >= 0.3 is 0 Å². The van der Waals surface area contributed by atoms with E-state index in [1.54, 1.807) is 5.56 Å². The lowest BCUT2D eigenvalue weighted by molar-refractivity contribution is 0.0534. The quantitative estimate of drug-likeness (QED) is 0.703. The lowest BCUT2D eigenvalue weighted by Crippen LogP contribution is -2.40. The van der Waals surface area contributed by atoms with Gasteiger partial charge in [-0.25, -0.2) is 0 Å². The first-order valence-electron chi connectivity index (χ1n) is 9.92. The normalized spacial score (nSPS) is 29.8. The third-order valence-corrected chi connectivity index (χ3v) is 6.37. The Morgan fingerprint density at radius 1 is 0.826 bits per heavy atom. The Morgan fingerprint density at radius 3 is 2.22 bits per heavy atom. The fraction of sp³-hybridized carbons (Fsp3) is 0.727. The molecule has 0 heterocycles. The van der Waals surface area contributed by atoms with Gasteiger partial charge in [-0.05, 0) is 62.6 Å². The number of rotatable bonds is 5. The summed E-state index contributed by atoms with van der Waals surface area (Å²) in [5.74, 6) is 3.81. The van der Waals surface area contributed by atoms with Crippen molar-refractivity contribution in [1.82, 2.24) is 4.90 Å². The molecule has 2 saturated carbocycles. The molecule has 1 aromatic rings. The zero-order chi connectivity index (χ0) is 16.1. The predicted octanol–water partition coefficient (Wildman–Crippen LogP) is 5.40. The van der Waals surface area contributed by atoms with Crippen molar-refractivity contribution in [1.29, 1.82) is 0 Å². The van der Waals surface area contributed by atoms with E-state index >= 15 is 0 Å². The summed E-state index contributed by atoms with van der Waals surface area (Å²) in [7, 11) is 4.53. The Balaban J connectivity index is 1.76. The van der Waals surface area contributed by atoms with Crippen LogP contribution in [0.2, 0.25) is 0 Å². The van der Waals surface area contributed by atoms with Gasteiger partial charge < -0.3 is 4.90 Å². The average Bonchev–Trinajstić information content (AvgIpc) is 2.56. The fourth-order valence-corrected chi connectivity index (χ4v) is 5.54. The molecule has 3 rings (SSSR count). The van der Waals surface area contributed by atoms with Crippen molar-refractivity contribution in [2.24, 2.45) is 23.7 Å². The Labute approximate surface area is 143 Å². The molecule has 2 aliphatic rings. The van der Waals surface area contributed by atoms with Crippen molar-refractivity contribution in [2.45, 2.75) is 57.8 Å². The molecule has 0 bridgehead atoms. The highest BCUT2D eigenvalue weighted by Crippen LogP contribution is 2.46. The van der Waals surface area contributed by atoms with Crippen LogP contribution in [0, 0.1) is 23.7 Å². The minimum Gasteiger partial charge on any atom is -0.309 e. The Bertz CT molecular complexity index is 446. The van der Waals surface area contributed by atoms with Gasteiger partial charge in [0, 0.05) is 6.54 Å². The first-order valence-corrected chi connectivity index (χ1v) is 9.92. The zero-order valence-corrected chi connectivity index (χ0v) is 15.2. The largest absolute Gasteiger partial charge is 0.309 e. The van der Waals surface area contributed by atoms with Gasteiger partial charge in [0.1, 0.15) is 0 Å². The van der Waals surface area contributed by atoms with Crippen LogP contribution in [0.1, 0.15) is 56.9 Å². The maximum atomic E-state index is 2.44. The summed E-state index contributed by atoms with van der Waals surface area (Å²) >= 11 is 0. The molecule has 0 saturated heterocycles. The van der Waals surface area contributed by atoms with Crippen LogP contribution in [0.25, 0.3) is 0 Å². The molecule has 0 aliphatic heterocycles. The van der Waals surface area contributed by atoms with E-state index in [4.69, 9.17) is 0 Å². The number of hydrogen-bond acceptors (Lipinski definition) is 1. The minimum atomic E-state index is 0.916. The van der Waals surface area contributed by atoms with Crippen molar-refractivity contribution in [2.75, 3.05) is 20.6 Å². The molecule has 0 N–H and O–H groups in total. The molecule has 0 radical (unpaired) electrons. The second-order valence-electron chi connectivity index (χ2n) is 8.38. The van der Waals surface area contributed by atoms with Crippen LogP contribution >= 0.6 is 0 Å². The molecule has 2 fully saturated rings. The lowest BCUT2D eigenvalue weighted by Gasteiger charge is -2.45. The van der Waals surface area contributed by atoms with Gasteiger partial charge in [-0.3, -0.25) is 0 Å². The van der Waals surface area contributed by atoms with E-state index in [1.807, 2.05) is 0 Å². The van der Waals surface area contributed by atoms with Gasteiger partial charge in [-0.15, -0.1) is 0 Å². The third kappa shape index (κ3) is 4.59. The topological polar surface area (TPSA) is 3.24 Å². The summed E-state index contributed by atoms with van der Waals surface area (Å²) in [6, 6.07) is 11.3. The van der Waals surface area contributed by atoms with Crippen LogP contribution in [0.3, 0.4) is 0 Å². The molecule has 1 aromatic carbocycles. The van der Waals surface area contributed by atoms with Gasteiger partial charge in [0.2, 0.25) is 0 Å². The molecule has 3 unspecified atom stereocenters. The number of nitrogens with zero attached hydrogens (tertiary/aromatic N) is 1. The fourth-order valence-electron chi connectivity index (χ4n) is 5.54. The molecular formula is C22H35N. The van der Waals surface area contributed by atoms with E-state index in [1.165, 1.54) is 64.3 Å².